The number of carbonyl (C=O) groups is 1. The second-order valence-corrected chi connectivity index (χ2v) is 6.42. The van der Waals surface area contributed by atoms with Crippen molar-refractivity contribution in [1.82, 2.24) is 0 Å². The fourth-order valence-corrected chi connectivity index (χ4v) is 2.60. The number of carbonyl (C=O) groups excluding carboxylic acids is 1. The SMILES string of the molecule is CCOCCOc1ccc(NC(=O)c2cc(Br)ccc2OCCOC)cc1. The standard InChI is InChI=1S/C20H24BrNO5/c1-3-25-11-13-26-17-7-5-16(6-8-17)22-20(23)18-14-15(21)4-9-19(18)27-12-10-24-2/h4-9,14H,3,10-13H2,1-2H3,(H,22,23). The van der Waals surface area contributed by atoms with Gasteiger partial charge in [0.15, 0.2) is 0 Å². The van der Waals surface area contributed by atoms with Gasteiger partial charge in [0.05, 0.1) is 18.8 Å². The minimum atomic E-state index is -0.256. The highest BCUT2D eigenvalue weighted by atomic mass is 79.9. The molecule has 0 aliphatic rings. The largest absolute Gasteiger partial charge is 0.491 e. The summed E-state index contributed by atoms with van der Waals surface area (Å²) in [5.41, 5.74) is 1.11. The van der Waals surface area contributed by atoms with Crippen LogP contribution in [0.5, 0.6) is 11.5 Å². The molecule has 0 unspecified atom stereocenters. The quantitative estimate of drug-likeness (QED) is 0.535. The molecule has 7 heteroatoms. The molecule has 0 bridgehead atoms. The summed E-state index contributed by atoms with van der Waals surface area (Å²) in [5, 5.41) is 2.87. The molecule has 0 saturated heterocycles. The number of hydrogen-bond donors (Lipinski definition) is 1. The van der Waals surface area contributed by atoms with E-state index in [1.165, 1.54) is 0 Å². The maximum absolute atomic E-state index is 12.7. The third-order valence-corrected chi connectivity index (χ3v) is 4.04. The van der Waals surface area contributed by atoms with Gasteiger partial charge in [-0.2, -0.15) is 0 Å². The number of anilines is 1. The summed E-state index contributed by atoms with van der Waals surface area (Å²) in [6.45, 7) is 4.45. The van der Waals surface area contributed by atoms with Crippen LogP contribution in [-0.4, -0.2) is 46.1 Å². The number of halogens is 1. The first-order chi connectivity index (χ1) is 13.1. The molecule has 0 saturated carbocycles. The van der Waals surface area contributed by atoms with E-state index in [9.17, 15) is 4.79 Å². The van der Waals surface area contributed by atoms with Gasteiger partial charge in [0.2, 0.25) is 0 Å². The molecule has 6 nitrogen and oxygen atoms in total. The molecule has 2 aromatic carbocycles. The van der Waals surface area contributed by atoms with Crippen LogP contribution < -0.4 is 14.8 Å². The molecular weight excluding hydrogens is 414 g/mol. The van der Waals surface area contributed by atoms with Gasteiger partial charge in [-0.05, 0) is 49.4 Å². The normalized spacial score (nSPS) is 10.5. The molecule has 1 N–H and O–H groups in total. The van der Waals surface area contributed by atoms with Gasteiger partial charge < -0.3 is 24.3 Å². The Morgan fingerprint density at radius 3 is 2.44 bits per heavy atom. The van der Waals surface area contributed by atoms with Crippen LogP contribution in [0.1, 0.15) is 17.3 Å². The first-order valence-corrected chi connectivity index (χ1v) is 9.46. The minimum Gasteiger partial charge on any atom is -0.491 e. The van der Waals surface area contributed by atoms with E-state index in [4.69, 9.17) is 18.9 Å². The molecule has 1 amide bonds. The Labute approximate surface area is 167 Å². The Hall–Kier alpha value is -2.09. The van der Waals surface area contributed by atoms with Crippen molar-refractivity contribution in [3.8, 4) is 11.5 Å². The third-order valence-electron chi connectivity index (χ3n) is 3.54. The molecule has 0 atom stereocenters. The van der Waals surface area contributed by atoms with Crippen LogP contribution >= 0.6 is 15.9 Å². The monoisotopic (exact) mass is 437 g/mol. The van der Waals surface area contributed by atoms with Crippen molar-refractivity contribution in [3.63, 3.8) is 0 Å². The van der Waals surface area contributed by atoms with Crippen LogP contribution in [0.3, 0.4) is 0 Å². The van der Waals surface area contributed by atoms with E-state index in [0.717, 1.165) is 10.2 Å². The molecular formula is C20H24BrNO5. The van der Waals surface area contributed by atoms with Gasteiger partial charge in [0.1, 0.15) is 24.7 Å². The van der Waals surface area contributed by atoms with E-state index in [1.807, 2.05) is 13.0 Å². The summed E-state index contributed by atoms with van der Waals surface area (Å²) in [7, 11) is 1.60. The maximum Gasteiger partial charge on any atom is 0.259 e. The van der Waals surface area contributed by atoms with Crippen LogP contribution in [0.4, 0.5) is 5.69 Å². The van der Waals surface area contributed by atoms with Crippen LogP contribution in [-0.2, 0) is 9.47 Å². The average Bonchev–Trinajstić information content (AvgIpc) is 2.67. The number of benzene rings is 2. The van der Waals surface area contributed by atoms with Gasteiger partial charge in [0, 0.05) is 23.9 Å². The van der Waals surface area contributed by atoms with Crippen molar-refractivity contribution in [3.05, 3.63) is 52.5 Å². The molecule has 0 aromatic heterocycles. The van der Waals surface area contributed by atoms with Crippen molar-refractivity contribution >= 4 is 27.5 Å². The highest BCUT2D eigenvalue weighted by molar-refractivity contribution is 9.10. The zero-order chi connectivity index (χ0) is 19.5. The van der Waals surface area contributed by atoms with Gasteiger partial charge >= 0.3 is 0 Å². The Morgan fingerprint density at radius 1 is 1.00 bits per heavy atom. The highest BCUT2D eigenvalue weighted by Crippen LogP contribution is 2.25. The van der Waals surface area contributed by atoms with Crippen molar-refractivity contribution in [1.29, 1.82) is 0 Å². The van der Waals surface area contributed by atoms with Crippen molar-refractivity contribution in [2.45, 2.75) is 6.92 Å². The first-order valence-electron chi connectivity index (χ1n) is 8.67. The van der Waals surface area contributed by atoms with Crippen LogP contribution in [0.2, 0.25) is 0 Å². The van der Waals surface area contributed by atoms with E-state index >= 15 is 0 Å². The van der Waals surface area contributed by atoms with Crippen LogP contribution in [0, 0.1) is 0 Å². The molecule has 27 heavy (non-hydrogen) atoms. The summed E-state index contributed by atoms with van der Waals surface area (Å²) >= 11 is 3.39. The predicted octanol–water partition coefficient (Wildman–Crippen LogP) is 4.14. The van der Waals surface area contributed by atoms with Gasteiger partial charge in [-0.3, -0.25) is 4.79 Å². The lowest BCUT2D eigenvalue weighted by molar-refractivity contribution is 0.101. The second-order valence-electron chi connectivity index (χ2n) is 5.51. The highest BCUT2D eigenvalue weighted by Gasteiger charge is 2.14. The van der Waals surface area contributed by atoms with Gasteiger partial charge in [0.25, 0.3) is 5.91 Å². The second kappa shape index (κ2) is 11.6. The summed E-state index contributed by atoms with van der Waals surface area (Å²) in [6.07, 6.45) is 0. The third kappa shape index (κ3) is 7.21. The molecule has 0 radical (unpaired) electrons. The molecule has 146 valence electrons. The molecule has 0 spiro atoms. The molecule has 0 fully saturated rings. The van der Waals surface area contributed by atoms with Crippen molar-refractivity contribution in [2.75, 3.05) is 45.5 Å². The van der Waals surface area contributed by atoms with Gasteiger partial charge in [-0.25, -0.2) is 0 Å². The summed E-state index contributed by atoms with van der Waals surface area (Å²) in [5.74, 6) is 0.969. The van der Waals surface area contributed by atoms with E-state index in [2.05, 4.69) is 21.2 Å². The summed E-state index contributed by atoms with van der Waals surface area (Å²) in [6, 6.07) is 12.5. The van der Waals surface area contributed by atoms with Crippen LogP contribution in [0.25, 0.3) is 0 Å². The molecule has 2 rings (SSSR count). The lowest BCUT2D eigenvalue weighted by Gasteiger charge is -2.12. The van der Waals surface area contributed by atoms with E-state index < -0.39 is 0 Å². The number of nitrogens with one attached hydrogen (secondary N) is 1. The lowest BCUT2D eigenvalue weighted by Crippen LogP contribution is -2.15. The summed E-state index contributed by atoms with van der Waals surface area (Å²) in [4.78, 5) is 12.7. The minimum absolute atomic E-state index is 0.256. The number of hydrogen-bond acceptors (Lipinski definition) is 5. The van der Waals surface area contributed by atoms with Crippen molar-refractivity contribution in [2.24, 2.45) is 0 Å². The van der Waals surface area contributed by atoms with Crippen LogP contribution in [0.15, 0.2) is 46.9 Å². The van der Waals surface area contributed by atoms with Crippen molar-refractivity contribution < 1.29 is 23.7 Å². The van der Waals surface area contributed by atoms with E-state index in [-0.39, 0.29) is 5.91 Å². The zero-order valence-corrected chi connectivity index (χ0v) is 17.1. The number of ether oxygens (including phenoxy) is 4. The summed E-state index contributed by atoms with van der Waals surface area (Å²) < 4.78 is 22.2. The average molecular weight is 438 g/mol. The fraction of sp³-hybridized carbons (Fsp3) is 0.350. The topological polar surface area (TPSA) is 66.0 Å². The Balaban J connectivity index is 1.98. The van der Waals surface area contributed by atoms with E-state index in [1.54, 1.807) is 43.5 Å². The molecule has 0 aliphatic heterocycles. The Kier molecular flexibility index (Phi) is 9.10. The van der Waals surface area contributed by atoms with Gasteiger partial charge in [-0.1, -0.05) is 15.9 Å². The Morgan fingerprint density at radius 2 is 1.74 bits per heavy atom. The fourth-order valence-electron chi connectivity index (χ4n) is 2.24. The number of rotatable bonds is 11. The zero-order valence-electron chi connectivity index (χ0n) is 15.5. The molecule has 0 heterocycles. The number of methoxy groups -OCH3 is 1. The van der Waals surface area contributed by atoms with E-state index in [0.29, 0.717) is 50.0 Å². The Bertz CT molecular complexity index is 721. The number of amides is 1. The smallest absolute Gasteiger partial charge is 0.259 e. The lowest BCUT2D eigenvalue weighted by atomic mass is 10.2. The molecule has 0 aliphatic carbocycles. The molecule has 2 aromatic rings. The van der Waals surface area contributed by atoms with Gasteiger partial charge in [-0.15, -0.1) is 0 Å². The predicted molar refractivity (Wildman–Crippen MR) is 108 cm³/mol. The first kappa shape index (κ1) is 21.2. The maximum atomic E-state index is 12.7.